The fraction of sp³-hybridized carbons (Fsp3) is 0.300. The second-order valence-corrected chi connectivity index (χ2v) is 7.54. The highest BCUT2D eigenvalue weighted by molar-refractivity contribution is 9.10. The Bertz CT molecular complexity index is 890. The Morgan fingerprint density at radius 1 is 1.18 bits per heavy atom. The maximum atomic E-state index is 12.9. The van der Waals surface area contributed by atoms with E-state index in [0.29, 0.717) is 17.1 Å². The molecule has 0 radical (unpaired) electrons. The van der Waals surface area contributed by atoms with Gasteiger partial charge in [0, 0.05) is 4.47 Å². The number of methoxy groups -OCH3 is 1. The number of imide groups is 1. The van der Waals surface area contributed by atoms with Gasteiger partial charge in [0.2, 0.25) is 0 Å². The molecule has 1 heterocycles. The molecule has 148 valence electrons. The highest BCUT2D eigenvalue weighted by Crippen LogP contribution is 2.31. The van der Waals surface area contributed by atoms with E-state index in [1.165, 1.54) is 7.11 Å². The highest BCUT2D eigenvalue weighted by Gasteiger charge is 2.49. The molecule has 2 atom stereocenters. The van der Waals surface area contributed by atoms with E-state index in [4.69, 9.17) is 9.47 Å². The summed E-state index contributed by atoms with van der Waals surface area (Å²) in [7, 11) is 1.53. The van der Waals surface area contributed by atoms with Gasteiger partial charge >= 0.3 is 6.03 Å². The fourth-order valence-electron chi connectivity index (χ4n) is 3.01. The predicted molar refractivity (Wildman–Crippen MR) is 106 cm³/mol. The van der Waals surface area contributed by atoms with Gasteiger partial charge in [0.05, 0.1) is 13.7 Å². The first kappa shape index (κ1) is 20.2. The van der Waals surface area contributed by atoms with Crippen molar-refractivity contribution in [3.63, 3.8) is 0 Å². The van der Waals surface area contributed by atoms with Gasteiger partial charge in [-0.2, -0.15) is 0 Å². The van der Waals surface area contributed by atoms with E-state index in [9.17, 15) is 14.7 Å². The van der Waals surface area contributed by atoms with Crippen molar-refractivity contribution in [1.29, 1.82) is 0 Å². The molecular weight excluding hydrogens is 428 g/mol. The molecule has 2 aromatic carbocycles. The molecule has 0 unspecified atom stereocenters. The number of hydrogen-bond donors (Lipinski definition) is 2. The third-order valence-corrected chi connectivity index (χ3v) is 5.05. The summed E-state index contributed by atoms with van der Waals surface area (Å²) in [4.78, 5) is 26.3. The van der Waals surface area contributed by atoms with Gasteiger partial charge in [-0.05, 0) is 42.8 Å². The van der Waals surface area contributed by atoms with Crippen molar-refractivity contribution in [3.8, 4) is 11.5 Å². The van der Waals surface area contributed by atoms with Gasteiger partial charge in [-0.3, -0.25) is 9.69 Å². The lowest BCUT2D eigenvalue weighted by Crippen LogP contribution is -2.42. The normalized spacial score (nSPS) is 20.1. The predicted octanol–water partition coefficient (Wildman–Crippen LogP) is 2.66. The lowest BCUT2D eigenvalue weighted by molar-refractivity contribution is -0.132. The standard InChI is InChI=1S/C20H21BrN2O5/c1-20(13-5-3-7-16(9-13)27-2)18(25)23(19(26)22-20)11-15(24)12-28-17-8-4-6-14(21)10-17/h3-10,15,24H,11-12H2,1-2H3,(H,22,26)/t15-,20-/m0/s1. The van der Waals surface area contributed by atoms with Crippen LogP contribution in [-0.4, -0.2) is 48.3 Å². The molecule has 3 amide bonds. The Hall–Kier alpha value is -2.58. The van der Waals surface area contributed by atoms with Crippen LogP contribution in [-0.2, 0) is 10.3 Å². The first-order chi connectivity index (χ1) is 13.3. The van der Waals surface area contributed by atoms with Crippen LogP contribution in [0.4, 0.5) is 4.79 Å². The molecule has 1 fully saturated rings. The zero-order valence-corrected chi connectivity index (χ0v) is 17.1. The first-order valence-electron chi connectivity index (χ1n) is 8.68. The van der Waals surface area contributed by atoms with E-state index >= 15 is 0 Å². The summed E-state index contributed by atoms with van der Waals surface area (Å²) >= 11 is 3.34. The lowest BCUT2D eigenvalue weighted by Gasteiger charge is -2.23. The fourth-order valence-corrected chi connectivity index (χ4v) is 3.38. The number of carbonyl (C=O) groups excluding carboxylic acids is 2. The summed E-state index contributed by atoms with van der Waals surface area (Å²) in [5.41, 5.74) is -0.621. The molecule has 3 rings (SSSR count). The molecule has 1 aliphatic heterocycles. The summed E-state index contributed by atoms with van der Waals surface area (Å²) in [5, 5.41) is 13.0. The number of urea groups is 1. The van der Waals surface area contributed by atoms with Crippen molar-refractivity contribution >= 4 is 27.9 Å². The highest BCUT2D eigenvalue weighted by atomic mass is 79.9. The summed E-state index contributed by atoms with van der Waals surface area (Å²) < 4.78 is 11.6. The van der Waals surface area contributed by atoms with Crippen molar-refractivity contribution in [2.45, 2.75) is 18.6 Å². The van der Waals surface area contributed by atoms with Gasteiger partial charge in [-0.1, -0.05) is 34.1 Å². The maximum Gasteiger partial charge on any atom is 0.325 e. The van der Waals surface area contributed by atoms with Gasteiger partial charge in [-0.25, -0.2) is 4.79 Å². The van der Waals surface area contributed by atoms with E-state index in [2.05, 4.69) is 21.2 Å². The molecule has 2 aromatic rings. The van der Waals surface area contributed by atoms with E-state index < -0.39 is 23.6 Å². The summed E-state index contributed by atoms with van der Waals surface area (Å²) in [6.07, 6.45) is -1.03. The number of amides is 3. The molecule has 2 N–H and O–H groups in total. The molecule has 0 saturated carbocycles. The van der Waals surface area contributed by atoms with Gasteiger partial charge in [0.25, 0.3) is 5.91 Å². The van der Waals surface area contributed by atoms with Crippen LogP contribution < -0.4 is 14.8 Å². The van der Waals surface area contributed by atoms with Crippen molar-refractivity contribution in [3.05, 3.63) is 58.6 Å². The quantitative estimate of drug-likeness (QED) is 0.635. The Morgan fingerprint density at radius 2 is 1.89 bits per heavy atom. The van der Waals surface area contributed by atoms with E-state index in [0.717, 1.165) is 9.37 Å². The number of rotatable bonds is 7. The minimum atomic E-state index is -1.23. The summed E-state index contributed by atoms with van der Waals surface area (Å²) in [6.45, 7) is 1.41. The Morgan fingerprint density at radius 3 is 2.61 bits per heavy atom. The van der Waals surface area contributed by atoms with Crippen LogP contribution in [0.15, 0.2) is 53.0 Å². The number of nitrogens with zero attached hydrogens (tertiary/aromatic N) is 1. The maximum absolute atomic E-state index is 12.9. The number of halogens is 1. The van der Waals surface area contributed by atoms with Gasteiger partial charge < -0.3 is 19.9 Å². The van der Waals surface area contributed by atoms with Crippen LogP contribution in [0.25, 0.3) is 0 Å². The smallest absolute Gasteiger partial charge is 0.325 e. The average Bonchev–Trinajstić information content (AvgIpc) is 2.90. The number of ether oxygens (including phenoxy) is 2. The molecule has 0 spiro atoms. The van der Waals surface area contributed by atoms with Crippen molar-refractivity contribution in [2.24, 2.45) is 0 Å². The molecule has 0 aromatic heterocycles. The molecule has 0 aliphatic carbocycles. The Labute approximate surface area is 171 Å². The van der Waals surface area contributed by atoms with Gasteiger partial charge in [0.1, 0.15) is 29.7 Å². The number of hydrogen-bond acceptors (Lipinski definition) is 5. The van der Waals surface area contributed by atoms with Crippen molar-refractivity contribution in [2.75, 3.05) is 20.3 Å². The van der Waals surface area contributed by atoms with E-state index in [-0.39, 0.29) is 13.2 Å². The molecular formula is C20H21BrN2O5. The SMILES string of the molecule is COc1cccc([C@]2(C)NC(=O)N(C[C@H](O)COc3cccc(Br)c3)C2=O)c1. The van der Waals surface area contributed by atoms with E-state index in [1.807, 2.05) is 12.1 Å². The molecule has 7 nitrogen and oxygen atoms in total. The van der Waals surface area contributed by atoms with E-state index in [1.54, 1.807) is 43.3 Å². The number of carbonyl (C=O) groups is 2. The summed E-state index contributed by atoms with van der Waals surface area (Å²) in [6, 6.07) is 13.6. The number of β-amino-alcohol motifs (C(OH)–C–C–N with tert-alkyl or cyclic N) is 1. The van der Waals surface area contributed by atoms with Crippen LogP contribution in [0.3, 0.4) is 0 Å². The molecule has 1 aliphatic rings. The largest absolute Gasteiger partial charge is 0.497 e. The number of aliphatic hydroxyl groups excluding tert-OH is 1. The van der Waals surface area contributed by atoms with Crippen LogP contribution >= 0.6 is 15.9 Å². The van der Waals surface area contributed by atoms with Gasteiger partial charge in [-0.15, -0.1) is 0 Å². The second-order valence-electron chi connectivity index (χ2n) is 6.63. The first-order valence-corrected chi connectivity index (χ1v) is 9.48. The zero-order valence-electron chi connectivity index (χ0n) is 15.5. The minimum absolute atomic E-state index is 0.0522. The Balaban J connectivity index is 1.67. The monoisotopic (exact) mass is 448 g/mol. The van der Waals surface area contributed by atoms with Crippen LogP contribution in [0.2, 0.25) is 0 Å². The molecule has 8 heteroatoms. The van der Waals surface area contributed by atoms with Crippen LogP contribution in [0, 0.1) is 0 Å². The van der Waals surface area contributed by atoms with Crippen molar-refractivity contribution in [1.82, 2.24) is 10.2 Å². The van der Waals surface area contributed by atoms with Crippen LogP contribution in [0.1, 0.15) is 12.5 Å². The lowest BCUT2D eigenvalue weighted by atomic mass is 9.92. The second kappa shape index (κ2) is 8.20. The summed E-state index contributed by atoms with van der Waals surface area (Å²) in [5.74, 6) is 0.723. The molecule has 0 bridgehead atoms. The molecule has 1 saturated heterocycles. The van der Waals surface area contributed by atoms with Gasteiger partial charge in [0.15, 0.2) is 0 Å². The minimum Gasteiger partial charge on any atom is -0.497 e. The van der Waals surface area contributed by atoms with Crippen molar-refractivity contribution < 1.29 is 24.2 Å². The number of aliphatic hydroxyl groups is 1. The topological polar surface area (TPSA) is 88.1 Å². The number of nitrogens with one attached hydrogen (secondary N) is 1. The average molecular weight is 449 g/mol. The zero-order chi connectivity index (χ0) is 20.3. The Kier molecular flexibility index (Phi) is 5.90. The number of benzene rings is 2. The third-order valence-electron chi connectivity index (χ3n) is 4.55. The van der Waals surface area contributed by atoms with Crippen LogP contribution in [0.5, 0.6) is 11.5 Å². The molecule has 28 heavy (non-hydrogen) atoms. The third kappa shape index (κ3) is 4.13.